The molecule has 92 valence electrons. The van der Waals surface area contributed by atoms with Crippen molar-refractivity contribution in [2.24, 2.45) is 10.7 Å². The van der Waals surface area contributed by atoms with E-state index in [4.69, 9.17) is 22.1 Å². The molecule has 0 aromatic heterocycles. The lowest BCUT2D eigenvalue weighted by Crippen LogP contribution is -2.44. The van der Waals surface area contributed by atoms with Gasteiger partial charge in [-0.15, -0.1) is 0 Å². The van der Waals surface area contributed by atoms with E-state index in [0.717, 1.165) is 18.7 Å². The van der Waals surface area contributed by atoms with Crippen molar-refractivity contribution < 1.29 is 4.74 Å². The van der Waals surface area contributed by atoms with Gasteiger partial charge in [0.15, 0.2) is 5.96 Å². The van der Waals surface area contributed by atoms with E-state index in [2.05, 4.69) is 4.99 Å². The zero-order valence-electron chi connectivity index (χ0n) is 9.82. The fourth-order valence-electron chi connectivity index (χ4n) is 1.69. The van der Waals surface area contributed by atoms with Gasteiger partial charge in [-0.1, -0.05) is 17.7 Å². The fourth-order valence-corrected chi connectivity index (χ4v) is 1.97. The summed E-state index contributed by atoms with van der Waals surface area (Å²) in [5, 5.41) is 0.626. The van der Waals surface area contributed by atoms with E-state index in [1.807, 2.05) is 30.0 Å². The normalized spacial score (nSPS) is 17.3. The zero-order chi connectivity index (χ0) is 12.3. The average Bonchev–Trinajstić information content (AvgIpc) is 2.34. The van der Waals surface area contributed by atoms with Crippen molar-refractivity contribution in [1.29, 1.82) is 0 Å². The van der Waals surface area contributed by atoms with Gasteiger partial charge in [0.1, 0.15) is 0 Å². The van der Waals surface area contributed by atoms with E-state index in [9.17, 15) is 0 Å². The van der Waals surface area contributed by atoms with Crippen LogP contribution in [-0.2, 0) is 4.74 Å². The maximum atomic E-state index is 6.11. The molecule has 0 spiro atoms. The van der Waals surface area contributed by atoms with Gasteiger partial charge in [0.05, 0.1) is 23.9 Å². The van der Waals surface area contributed by atoms with Crippen LogP contribution in [0.25, 0.3) is 0 Å². The number of morpholine rings is 1. The Bertz CT molecular complexity index is 428. The van der Waals surface area contributed by atoms with Crippen LogP contribution in [0, 0.1) is 6.92 Å². The number of nitrogens with zero attached hydrogens (tertiary/aromatic N) is 2. The van der Waals surface area contributed by atoms with Gasteiger partial charge in [-0.2, -0.15) is 0 Å². The van der Waals surface area contributed by atoms with E-state index >= 15 is 0 Å². The van der Waals surface area contributed by atoms with Crippen molar-refractivity contribution in [3.05, 3.63) is 28.8 Å². The SMILES string of the molecule is Cc1ccc(N=C(N)N2CCOCC2)c(Cl)c1. The Balaban J connectivity index is 2.16. The number of halogens is 1. The van der Waals surface area contributed by atoms with Crippen LogP contribution < -0.4 is 5.73 Å². The second-order valence-corrected chi connectivity index (χ2v) is 4.43. The van der Waals surface area contributed by atoms with E-state index < -0.39 is 0 Å². The minimum Gasteiger partial charge on any atom is -0.378 e. The number of benzene rings is 1. The smallest absolute Gasteiger partial charge is 0.196 e. The van der Waals surface area contributed by atoms with Gasteiger partial charge in [0.25, 0.3) is 0 Å². The summed E-state index contributed by atoms with van der Waals surface area (Å²) in [7, 11) is 0. The molecular formula is C12H16ClN3O. The first-order valence-electron chi connectivity index (χ1n) is 5.60. The summed E-state index contributed by atoms with van der Waals surface area (Å²) in [4.78, 5) is 6.36. The molecule has 1 saturated heterocycles. The van der Waals surface area contributed by atoms with Crippen LogP contribution in [0.4, 0.5) is 5.69 Å². The van der Waals surface area contributed by atoms with Crippen LogP contribution in [0.1, 0.15) is 5.56 Å². The maximum absolute atomic E-state index is 6.11. The molecule has 0 amide bonds. The quantitative estimate of drug-likeness (QED) is 0.615. The molecule has 1 fully saturated rings. The molecule has 2 rings (SSSR count). The van der Waals surface area contributed by atoms with Gasteiger partial charge >= 0.3 is 0 Å². The third-order valence-corrected chi connectivity index (χ3v) is 2.98. The fraction of sp³-hybridized carbons (Fsp3) is 0.417. The Hall–Kier alpha value is -1.26. The van der Waals surface area contributed by atoms with Crippen LogP contribution in [0.5, 0.6) is 0 Å². The molecule has 17 heavy (non-hydrogen) atoms. The Labute approximate surface area is 106 Å². The summed E-state index contributed by atoms with van der Waals surface area (Å²) in [6.07, 6.45) is 0. The minimum absolute atomic E-state index is 0.499. The highest BCUT2D eigenvalue weighted by molar-refractivity contribution is 6.33. The molecule has 2 N–H and O–H groups in total. The van der Waals surface area contributed by atoms with E-state index in [0.29, 0.717) is 29.9 Å². The molecule has 0 saturated carbocycles. The number of nitrogens with two attached hydrogens (primary N) is 1. The lowest BCUT2D eigenvalue weighted by Gasteiger charge is -2.27. The number of guanidine groups is 1. The van der Waals surface area contributed by atoms with Crippen molar-refractivity contribution in [3.8, 4) is 0 Å². The number of rotatable bonds is 1. The summed E-state index contributed by atoms with van der Waals surface area (Å²) >= 11 is 6.11. The molecular weight excluding hydrogens is 238 g/mol. The predicted octanol–water partition coefficient (Wildman–Crippen LogP) is 1.93. The summed E-state index contributed by atoms with van der Waals surface area (Å²) in [6.45, 7) is 4.93. The van der Waals surface area contributed by atoms with Crippen molar-refractivity contribution in [1.82, 2.24) is 4.90 Å². The Morgan fingerprint density at radius 1 is 1.41 bits per heavy atom. The van der Waals surface area contributed by atoms with E-state index in [1.165, 1.54) is 0 Å². The van der Waals surface area contributed by atoms with Crippen molar-refractivity contribution in [2.45, 2.75) is 6.92 Å². The molecule has 1 aliphatic rings. The predicted molar refractivity (Wildman–Crippen MR) is 69.9 cm³/mol. The topological polar surface area (TPSA) is 50.8 Å². The molecule has 0 atom stereocenters. The van der Waals surface area contributed by atoms with Crippen LogP contribution in [0.15, 0.2) is 23.2 Å². The summed E-state index contributed by atoms with van der Waals surface area (Å²) in [5.41, 5.74) is 7.77. The lowest BCUT2D eigenvalue weighted by atomic mass is 10.2. The second kappa shape index (κ2) is 5.38. The Morgan fingerprint density at radius 3 is 2.76 bits per heavy atom. The highest BCUT2D eigenvalue weighted by Gasteiger charge is 2.12. The van der Waals surface area contributed by atoms with Gasteiger partial charge in [-0.3, -0.25) is 0 Å². The second-order valence-electron chi connectivity index (χ2n) is 4.02. The Kier molecular flexibility index (Phi) is 3.86. The third kappa shape index (κ3) is 3.11. The van der Waals surface area contributed by atoms with E-state index in [1.54, 1.807) is 0 Å². The highest BCUT2D eigenvalue weighted by atomic mass is 35.5. The van der Waals surface area contributed by atoms with Gasteiger partial charge in [0.2, 0.25) is 0 Å². The first-order valence-corrected chi connectivity index (χ1v) is 5.97. The average molecular weight is 254 g/mol. The molecule has 1 aliphatic heterocycles. The van der Waals surface area contributed by atoms with Crippen molar-refractivity contribution in [3.63, 3.8) is 0 Å². The number of ether oxygens (including phenoxy) is 1. The molecule has 4 nitrogen and oxygen atoms in total. The monoisotopic (exact) mass is 253 g/mol. The molecule has 0 unspecified atom stereocenters. The van der Waals surface area contributed by atoms with Gasteiger partial charge < -0.3 is 15.4 Å². The number of aliphatic imine (C=N–C) groups is 1. The van der Waals surface area contributed by atoms with Crippen molar-refractivity contribution in [2.75, 3.05) is 26.3 Å². The standard InChI is InChI=1S/C12H16ClN3O/c1-9-2-3-11(10(13)8-9)15-12(14)16-4-6-17-7-5-16/h2-3,8H,4-7H2,1H3,(H2,14,15). The largest absolute Gasteiger partial charge is 0.378 e. The van der Waals surface area contributed by atoms with Crippen molar-refractivity contribution >= 4 is 23.2 Å². The number of hydrogen-bond donors (Lipinski definition) is 1. The molecule has 0 bridgehead atoms. The maximum Gasteiger partial charge on any atom is 0.196 e. The summed E-state index contributed by atoms with van der Waals surface area (Å²) in [5.74, 6) is 0.499. The molecule has 1 heterocycles. The van der Waals surface area contributed by atoms with Gasteiger partial charge in [-0.25, -0.2) is 4.99 Å². The van der Waals surface area contributed by atoms with Crippen LogP contribution in [0.3, 0.4) is 0 Å². The van der Waals surface area contributed by atoms with Crippen LogP contribution in [0.2, 0.25) is 5.02 Å². The van der Waals surface area contributed by atoms with Gasteiger partial charge in [0, 0.05) is 13.1 Å². The lowest BCUT2D eigenvalue weighted by molar-refractivity contribution is 0.0675. The Morgan fingerprint density at radius 2 is 2.12 bits per heavy atom. The minimum atomic E-state index is 0.499. The summed E-state index contributed by atoms with van der Waals surface area (Å²) in [6, 6.07) is 5.73. The molecule has 5 heteroatoms. The summed E-state index contributed by atoms with van der Waals surface area (Å²) < 4.78 is 5.26. The number of aryl methyl sites for hydroxylation is 1. The van der Waals surface area contributed by atoms with Crippen LogP contribution >= 0.6 is 11.6 Å². The molecule has 1 aromatic rings. The first kappa shape index (κ1) is 12.2. The van der Waals surface area contributed by atoms with Crippen LogP contribution in [-0.4, -0.2) is 37.2 Å². The van der Waals surface area contributed by atoms with E-state index in [-0.39, 0.29) is 0 Å². The number of hydrogen-bond acceptors (Lipinski definition) is 2. The molecule has 0 radical (unpaired) electrons. The third-order valence-electron chi connectivity index (χ3n) is 2.67. The molecule has 0 aliphatic carbocycles. The molecule has 1 aromatic carbocycles. The first-order chi connectivity index (χ1) is 8.16. The highest BCUT2D eigenvalue weighted by Crippen LogP contribution is 2.25. The van der Waals surface area contributed by atoms with Gasteiger partial charge in [-0.05, 0) is 24.6 Å². The zero-order valence-corrected chi connectivity index (χ0v) is 10.6.